The first-order valence-electron chi connectivity index (χ1n) is 14.9. The highest BCUT2D eigenvalue weighted by molar-refractivity contribution is 6.38. The Bertz CT molecular complexity index is 1330. The van der Waals surface area contributed by atoms with Crippen LogP contribution < -0.4 is 0 Å². The quantitative estimate of drug-likeness (QED) is 0.121. The number of ether oxygens (including phenoxy) is 1. The fourth-order valence-electron chi connectivity index (χ4n) is 4.72. The number of nitrogens with zero attached hydrogens (tertiary/aromatic N) is 1. The fraction of sp³-hybridized carbons (Fsp3) is 0.471. The van der Waals surface area contributed by atoms with Gasteiger partial charge in [0.15, 0.2) is 5.78 Å². The van der Waals surface area contributed by atoms with Crippen LogP contribution in [-0.4, -0.2) is 42.4 Å². The SMILES string of the molecule is CCCCc1oc2ccc(C(=O)OC(C)C)cc2c1C(=O)c1cc(Cl)c(C=CCN(CCCC)CCCC)c(Cl)c1. The molecule has 3 rings (SSSR count). The Morgan fingerprint density at radius 2 is 1.56 bits per heavy atom. The normalized spacial score (nSPS) is 11.8. The molecule has 0 unspecified atom stereocenters. The second kappa shape index (κ2) is 16.1. The third-order valence-electron chi connectivity index (χ3n) is 6.97. The summed E-state index contributed by atoms with van der Waals surface area (Å²) in [7, 11) is 0. The number of ketones is 1. The summed E-state index contributed by atoms with van der Waals surface area (Å²) in [5, 5.41) is 1.40. The largest absolute Gasteiger partial charge is 0.460 e. The Labute approximate surface area is 254 Å². The van der Waals surface area contributed by atoms with Crippen LogP contribution in [0.15, 0.2) is 40.8 Å². The molecule has 7 heteroatoms. The van der Waals surface area contributed by atoms with Crippen LogP contribution in [0.25, 0.3) is 17.0 Å². The van der Waals surface area contributed by atoms with Crippen LogP contribution in [0, 0.1) is 0 Å². The number of unbranched alkanes of at least 4 members (excludes halogenated alkanes) is 3. The van der Waals surface area contributed by atoms with Crippen molar-refractivity contribution in [3.05, 3.63) is 74.5 Å². The van der Waals surface area contributed by atoms with Crippen molar-refractivity contribution >= 4 is 52.0 Å². The van der Waals surface area contributed by atoms with E-state index < -0.39 is 5.97 Å². The van der Waals surface area contributed by atoms with Crippen molar-refractivity contribution in [2.45, 2.75) is 85.7 Å². The average molecular weight is 601 g/mol. The third-order valence-corrected chi connectivity index (χ3v) is 7.59. The van der Waals surface area contributed by atoms with Gasteiger partial charge in [-0.2, -0.15) is 0 Å². The molecule has 41 heavy (non-hydrogen) atoms. The van der Waals surface area contributed by atoms with Crippen molar-refractivity contribution < 1.29 is 18.7 Å². The molecule has 222 valence electrons. The molecule has 1 aromatic heterocycles. The van der Waals surface area contributed by atoms with E-state index >= 15 is 0 Å². The minimum absolute atomic E-state index is 0.242. The molecule has 0 bridgehead atoms. The lowest BCUT2D eigenvalue weighted by Crippen LogP contribution is -2.26. The first-order valence-corrected chi connectivity index (χ1v) is 15.6. The van der Waals surface area contributed by atoms with Gasteiger partial charge in [-0.15, -0.1) is 0 Å². The Morgan fingerprint density at radius 3 is 2.15 bits per heavy atom. The van der Waals surface area contributed by atoms with Gasteiger partial charge in [0.05, 0.1) is 27.3 Å². The summed E-state index contributed by atoms with van der Waals surface area (Å²) in [5.74, 6) is -0.0904. The topological polar surface area (TPSA) is 59.8 Å². The summed E-state index contributed by atoms with van der Waals surface area (Å²) < 4.78 is 11.5. The molecular formula is C34H43Cl2NO4. The van der Waals surface area contributed by atoms with E-state index in [0.717, 1.165) is 45.3 Å². The lowest BCUT2D eigenvalue weighted by atomic mass is 9.96. The van der Waals surface area contributed by atoms with Crippen LogP contribution in [0.5, 0.6) is 0 Å². The van der Waals surface area contributed by atoms with E-state index in [1.54, 1.807) is 44.2 Å². The van der Waals surface area contributed by atoms with E-state index in [9.17, 15) is 9.59 Å². The van der Waals surface area contributed by atoms with Crippen molar-refractivity contribution in [2.24, 2.45) is 0 Å². The van der Waals surface area contributed by atoms with Crippen LogP contribution in [0.2, 0.25) is 10.0 Å². The predicted octanol–water partition coefficient (Wildman–Crippen LogP) is 9.79. The van der Waals surface area contributed by atoms with Gasteiger partial charge >= 0.3 is 5.97 Å². The van der Waals surface area contributed by atoms with Crippen molar-refractivity contribution in [1.82, 2.24) is 4.90 Å². The monoisotopic (exact) mass is 599 g/mol. The molecule has 3 aromatic rings. The van der Waals surface area contributed by atoms with Gasteiger partial charge in [-0.05, 0) is 76.5 Å². The van der Waals surface area contributed by atoms with Crippen LogP contribution in [0.3, 0.4) is 0 Å². The molecule has 2 aromatic carbocycles. The number of carbonyl (C=O) groups is 2. The Balaban J connectivity index is 1.94. The second-order valence-electron chi connectivity index (χ2n) is 10.8. The molecule has 1 heterocycles. The summed E-state index contributed by atoms with van der Waals surface area (Å²) in [5.41, 5.74) is 2.42. The number of halogens is 2. The van der Waals surface area contributed by atoms with Gasteiger partial charge in [0, 0.05) is 29.5 Å². The number of rotatable bonds is 16. The molecule has 0 spiro atoms. The van der Waals surface area contributed by atoms with Gasteiger partial charge in [-0.25, -0.2) is 4.79 Å². The fourth-order valence-corrected chi connectivity index (χ4v) is 5.33. The van der Waals surface area contributed by atoms with E-state index in [0.29, 0.717) is 55.4 Å². The van der Waals surface area contributed by atoms with E-state index in [-0.39, 0.29) is 11.9 Å². The van der Waals surface area contributed by atoms with Crippen molar-refractivity contribution in [1.29, 1.82) is 0 Å². The first-order chi connectivity index (χ1) is 19.7. The molecule has 0 aliphatic carbocycles. The molecule has 0 aliphatic heterocycles. The van der Waals surface area contributed by atoms with Crippen LogP contribution in [-0.2, 0) is 11.2 Å². The van der Waals surface area contributed by atoms with E-state index in [1.165, 1.54) is 12.8 Å². The number of esters is 1. The zero-order chi connectivity index (χ0) is 29.9. The maximum atomic E-state index is 14.0. The van der Waals surface area contributed by atoms with Gasteiger partial charge in [0.1, 0.15) is 11.3 Å². The summed E-state index contributed by atoms with van der Waals surface area (Å²) in [6, 6.07) is 8.39. The lowest BCUT2D eigenvalue weighted by Gasteiger charge is -2.20. The highest BCUT2D eigenvalue weighted by Crippen LogP contribution is 2.34. The molecule has 0 saturated carbocycles. The van der Waals surface area contributed by atoms with Gasteiger partial charge in [-0.3, -0.25) is 9.69 Å². The summed E-state index contributed by atoms with van der Waals surface area (Å²) in [6.45, 7) is 13.0. The molecule has 0 amide bonds. The molecule has 0 atom stereocenters. The molecule has 5 nitrogen and oxygen atoms in total. The van der Waals surface area contributed by atoms with Gasteiger partial charge < -0.3 is 9.15 Å². The van der Waals surface area contributed by atoms with E-state index in [1.807, 2.05) is 6.08 Å². The number of fused-ring (bicyclic) bond motifs is 1. The molecule has 0 saturated heterocycles. The summed E-state index contributed by atoms with van der Waals surface area (Å²) >= 11 is 13.4. The minimum Gasteiger partial charge on any atom is -0.460 e. The van der Waals surface area contributed by atoms with Crippen LogP contribution in [0.1, 0.15) is 111 Å². The summed E-state index contributed by atoms with van der Waals surface area (Å²) in [6.07, 6.45) is 10.8. The lowest BCUT2D eigenvalue weighted by molar-refractivity contribution is 0.0378. The highest BCUT2D eigenvalue weighted by Gasteiger charge is 2.24. The predicted molar refractivity (Wildman–Crippen MR) is 171 cm³/mol. The maximum absolute atomic E-state index is 14.0. The molecule has 0 N–H and O–H groups in total. The molecular weight excluding hydrogens is 557 g/mol. The number of hydrogen-bond acceptors (Lipinski definition) is 5. The second-order valence-corrected chi connectivity index (χ2v) is 11.6. The average Bonchev–Trinajstić information content (AvgIpc) is 3.30. The number of aryl methyl sites for hydroxylation is 1. The number of benzene rings is 2. The van der Waals surface area contributed by atoms with Crippen molar-refractivity contribution in [3.8, 4) is 0 Å². The van der Waals surface area contributed by atoms with Crippen molar-refractivity contribution in [2.75, 3.05) is 19.6 Å². The molecule has 0 radical (unpaired) electrons. The van der Waals surface area contributed by atoms with E-state index in [4.69, 9.17) is 32.4 Å². The smallest absolute Gasteiger partial charge is 0.338 e. The number of carbonyl (C=O) groups excluding carboxylic acids is 2. The van der Waals surface area contributed by atoms with Crippen molar-refractivity contribution in [3.63, 3.8) is 0 Å². The van der Waals surface area contributed by atoms with Gasteiger partial charge in [0.2, 0.25) is 0 Å². The zero-order valence-corrected chi connectivity index (χ0v) is 26.5. The zero-order valence-electron chi connectivity index (χ0n) is 25.0. The standard InChI is InChI=1S/C34H43Cl2NO4/c1-6-9-14-31-32(27-20-24(15-16-30(27)41-31)34(39)40-23(4)5)33(38)25-21-28(35)26(29(36)22-25)13-12-19-37(17-10-7-2)18-11-8-3/h12-13,15-16,20-23H,6-11,14,17-19H2,1-5H3. The summed E-state index contributed by atoms with van der Waals surface area (Å²) in [4.78, 5) is 29.0. The van der Waals surface area contributed by atoms with Gasteiger partial charge in [-0.1, -0.05) is 75.4 Å². The number of hydrogen-bond donors (Lipinski definition) is 0. The Hall–Kier alpha value is -2.60. The first kappa shape index (κ1) is 32.9. The Kier molecular flexibility index (Phi) is 13.0. The molecule has 0 fully saturated rings. The van der Waals surface area contributed by atoms with E-state index in [2.05, 4.69) is 31.7 Å². The highest BCUT2D eigenvalue weighted by atomic mass is 35.5. The minimum atomic E-state index is -0.443. The van der Waals surface area contributed by atoms with Crippen LogP contribution in [0.4, 0.5) is 0 Å². The third kappa shape index (κ3) is 8.94. The Morgan fingerprint density at radius 1 is 0.927 bits per heavy atom. The number of furan rings is 1. The molecule has 0 aliphatic rings. The maximum Gasteiger partial charge on any atom is 0.338 e. The van der Waals surface area contributed by atoms with Crippen LogP contribution >= 0.6 is 23.2 Å². The van der Waals surface area contributed by atoms with Gasteiger partial charge in [0.25, 0.3) is 0 Å².